The molecule has 1 aliphatic rings. The highest BCUT2D eigenvalue weighted by Crippen LogP contribution is 2.29. The molecule has 1 fully saturated rings. The van der Waals surface area contributed by atoms with Gasteiger partial charge in [0.1, 0.15) is 0 Å². The Morgan fingerprint density at radius 2 is 1.95 bits per heavy atom. The second-order valence-electron chi connectivity index (χ2n) is 7.01. The average molecular weight is 302 g/mol. The third-order valence-electron chi connectivity index (χ3n) is 4.89. The van der Waals surface area contributed by atoms with Crippen molar-refractivity contribution in [1.29, 1.82) is 0 Å². The fraction of sp³-hybridized carbons (Fsp3) is 0.632. The standard InChI is InChI=1S/C19H30N2O/c1-13(2)17-7-5-6-14(3)19(17)21-18(22)12-15(4)16-8-10-20-11-9-16/h5-7,13,15-16,20H,8-12H2,1-4H3,(H,21,22). The van der Waals surface area contributed by atoms with E-state index < -0.39 is 0 Å². The van der Waals surface area contributed by atoms with Gasteiger partial charge in [-0.3, -0.25) is 4.79 Å². The third-order valence-corrected chi connectivity index (χ3v) is 4.89. The van der Waals surface area contributed by atoms with Crippen LogP contribution in [-0.2, 0) is 4.79 Å². The van der Waals surface area contributed by atoms with Gasteiger partial charge in [-0.1, -0.05) is 39.0 Å². The summed E-state index contributed by atoms with van der Waals surface area (Å²) in [4.78, 5) is 12.5. The third kappa shape index (κ3) is 4.33. The van der Waals surface area contributed by atoms with Gasteiger partial charge in [-0.15, -0.1) is 0 Å². The number of rotatable bonds is 5. The molecule has 1 aliphatic heterocycles. The normalized spacial score (nSPS) is 17.5. The summed E-state index contributed by atoms with van der Waals surface area (Å²) in [7, 11) is 0. The number of benzene rings is 1. The van der Waals surface area contributed by atoms with Crippen molar-refractivity contribution >= 4 is 11.6 Å². The lowest BCUT2D eigenvalue weighted by atomic mass is 9.84. The summed E-state index contributed by atoms with van der Waals surface area (Å²) in [5.74, 6) is 1.70. The Morgan fingerprint density at radius 1 is 1.27 bits per heavy atom. The first-order valence-corrected chi connectivity index (χ1v) is 8.59. The predicted molar refractivity (Wildman–Crippen MR) is 93.3 cm³/mol. The summed E-state index contributed by atoms with van der Waals surface area (Å²) in [6.07, 6.45) is 3.00. The molecule has 22 heavy (non-hydrogen) atoms. The molecule has 1 atom stereocenters. The topological polar surface area (TPSA) is 41.1 Å². The number of carbonyl (C=O) groups is 1. The van der Waals surface area contributed by atoms with Gasteiger partial charge in [0.05, 0.1) is 0 Å². The molecule has 0 bridgehead atoms. The molecular weight excluding hydrogens is 272 g/mol. The highest BCUT2D eigenvalue weighted by atomic mass is 16.1. The fourth-order valence-corrected chi connectivity index (χ4v) is 3.41. The summed E-state index contributed by atoms with van der Waals surface area (Å²) in [6, 6.07) is 6.25. The van der Waals surface area contributed by atoms with Crippen LogP contribution in [0.1, 0.15) is 57.1 Å². The molecular formula is C19H30N2O. The Morgan fingerprint density at radius 3 is 2.59 bits per heavy atom. The van der Waals surface area contributed by atoms with Gasteiger partial charge in [0.25, 0.3) is 0 Å². The number of para-hydroxylation sites is 1. The van der Waals surface area contributed by atoms with E-state index in [9.17, 15) is 4.79 Å². The lowest BCUT2D eigenvalue weighted by molar-refractivity contribution is -0.117. The Labute approximate surface area is 134 Å². The largest absolute Gasteiger partial charge is 0.326 e. The van der Waals surface area contributed by atoms with E-state index in [-0.39, 0.29) is 5.91 Å². The van der Waals surface area contributed by atoms with Crippen LogP contribution in [0.3, 0.4) is 0 Å². The smallest absolute Gasteiger partial charge is 0.224 e. The monoisotopic (exact) mass is 302 g/mol. The van der Waals surface area contributed by atoms with Crippen molar-refractivity contribution in [3.63, 3.8) is 0 Å². The zero-order chi connectivity index (χ0) is 16.1. The molecule has 0 aliphatic carbocycles. The Hall–Kier alpha value is -1.35. The van der Waals surface area contributed by atoms with Crippen LogP contribution in [0, 0.1) is 18.8 Å². The predicted octanol–water partition coefficient (Wildman–Crippen LogP) is 4.08. The van der Waals surface area contributed by atoms with Gasteiger partial charge >= 0.3 is 0 Å². The number of nitrogens with one attached hydrogen (secondary N) is 2. The van der Waals surface area contributed by atoms with E-state index in [4.69, 9.17) is 0 Å². The van der Waals surface area contributed by atoms with Gasteiger partial charge in [-0.2, -0.15) is 0 Å². The van der Waals surface area contributed by atoms with Crippen LogP contribution in [-0.4, -0.2) is 19.0 Å². The van der Waals surface area contributed by atoms with Crippen LogP contribution < -0.4 is 10.6 Å². The van der Waals surface area contributed by atoms with Crippen LogP contribution in [0.2, 0.25) is 0 Å². The first kappa shape index (κ1) is 17.0. The molecule has 3 heteroatoms. The molecule has 122 valence electrons. The van der Waals surface area contributed by atoms with Crippen molar-refractivity contribution in [2.45, 2.75) is 52.9 Å². The molecule has 2 N–H and O–H groups in total. The van der Waals surface area contributed by atoms with E-state index in [0.717, 1.165) is 24.3 Å². The minimum Gasteiger partial charge on any atom is -0.326 e. The number of piperidine rings is 1. The zero-order valence-corrected chi connectivity index (χ0v) is 14.4. The Kier molecular flexibility index (Phi) is 6.01. The van der Waals surface area contributed by atoms with Gasteiger partial charge in [-0.25, -0.2) is 0 Å². The molecule has 0 radical (unpaired) electrons. The van der Waals surface area contributed by atoms with Crippen molar-refractivity contribution < 1.29 is 4.79 Å². The van der Waals surface area contributed by atoms with Gasteiger partial charge in [0.2, 0.25) is 5.91 Å². The molecule has 0 aromatic heterocycles. The molecule has 0 saturated carbocycles. The highest BCUT2D eigenvalue weighted by molar-refractivity contribution is 5.92. The summed E-state index contributed by atoms with van der Waals surface area (Å²) in [6.45, 7) is 10.8. The second-order valence-corrected chi connectivity index (χ2v) is 7.01. The Balaban J connectivity index is 2.00. The SMILES string of the molecule is Cc1cccc(C(C)C)c1NC(=O)CC(C)C1CCNCC1. The molecule has 1 saturated heterocycles. The highest BCUT2D eigenvalue weighted by Gasteiger charge is 2.22. The van der Waals surface area contributed by atoms with Crippen molar-refractivity contribution in [1.82, 2.24) is 5.32 Å². The lowest BCUT2D eigenvalue weighted by Gasteiger charge is -2.28. The quantitative estimate of drug-likeness (QED) is 0.860. The van der Waals surface area contributed by atoms with Crippen molar-refractivity contribution in [2.75, 3.05) is 18.4 Å². The molecule has 1 aromatic rings. The van der Waals surface area contributed by atoms with Gasteiger partial charge in [0, 0.05) is 12.1 Å². The van der Waals surface area contributed by atoms with E-state index >= 15 is 0 Å². The van der Waals surface area contributed by atoms with Gasteiger partial charge in [-0.05, 0) is 61.7 Å². The minimum atomic E-state index is 0.155. The van der Waals surface area contributed by atoms with Crippen LogP contribution in [0.4, 0.5) is 5.69 Å². The van der Waals surface area contributed by atoms with Crippen LogP contribution in [0.25, 0.3) is 0 Å². The zero-order valence-electron chi connectivity index (χ0n) is 14.4. The van der Waals surface area contributed by atoms with Crippen LogP contribution in [0.5, 0.6) is 0 Å². The summed E-state index contributed by atoms with van der Waals surface area (Å²) in [5, 5.41) is 6.57. The van der Waals surface area contributed by atoms with E-state index in [2.05, 4.69) is 56.5 Å². The Bertz CT molecular complexity index is 504. The number of hydrogen-bond acceptors (Lipinski definition) is 2. The first-order chi connectivity index (χ1) is 10.5. The van der Waals surface area contributed by atoms with Gasteiger partial charge < -0.3 is 10.6 Å². The van der Waals surface area contributed by atoms with E-state index in [0.29, 0.717) is 24.2 Å². The number of hydrogen-bond donors (Lipinski definition) is 2. The second kappa shape index (κ2) is 7.77. The molecule has 2 rings (SSSR count). The molecule has 1 unspecified atom stereocenters. The number of carbonyl (C=O) groups excluding carboxylic acids is 1. The maximum absolute atomic E-state index is 12.5. The maximum Gasteiger partial charge on any atom is 0.224 e. The molecule has 3 nitrogen and oxygen atoms in total. The summed E-state index contributed by atoms with van der Waals surface area (Å²) < 4.78 is 0. The van der Waals surface area contributed by atoms with Crippen LogP contribution in [0.15, 0.2) is 18.2 Å². The molecule has 0 spiro atoms. The molecule has 1 aromatic carbocycles. The van der Waals surface area contributed by atoms with Crippen molar-refractivity contribution in [3.8, 4) is 0 Å². The minimum absolute atomic E-state index is 0.155. The summed E-state index contributed by atoms with van der Waals surface area (Å²) in [5.41, 5.74) is 3.39. The molecule has 1 heterocycles. The fourth-order valence-electron chi connectivity index (χ4n) is 3.41. The number of amides is 1. The van der Waals surface area contributed by atoms with Crippen LogP contribution >= 0.6 is 0 Å². The van der Waals surface area contributed by atoms with E-state index in [1.54, 1.807) is 0 Å². The van der Waals surface area contributed by atoms with Crippen molar-refractivity contribution in [3.05, 3.63) is 29.3 Å². The maximum atomic E-state index is 12.5. The van der Waals surface area contributed by atoms with E-state index in [1.165, 1.54) is 18.4 Å². The summed E-state index contributed by atoms with van der Waals surface area (Å²) >= 11 is 0. The van der Waals surface area contributed by atoms with E-state index in [1.807, 2.05) is 0 Å². The number of anilines is 1. The van der Waals surface area contributed by atoms with Gasteiger partial charge in [0.15, 0.2) is 0 Å². The number of aryl methyl sites for hydroxylation is 1. The van der Waals surface area contributed by atoms with Crippen molar-refractivity contribution in [2.24, 2.45) is 11.8 Å². The average Bonchev–Trinajstić information content (AvgIpc) is 2.49. The lowest BCUT2D eigenvalue weighted by Crippen LogP contribution is -2.32. The first-order valence-electron chi connectivity index (χ1n) is 8.59. The molecule has 1 amide bonds.